The molecule has 0 spiro atoms. The summed E-state index contributed by atoms with van der Waals surface area (Å²) in [6.07, 6.45) is 8.21. The van der Waals surface area contributed by atoms with Gasteiger partial charge in [-0.2, -0.15) is 0 Å². The Hall–Kier alpha value is -0.300. The molecule has 0 aliphatic carbocycles. The van der Waals surface area contributed by atoms with Gasteiger partial charge in [-0.05, 0) is 31.8 Å². The fourth-order valence-corrected chi connectivity index (χ4v) is 0.979. The van der Waals surface area contributed by atoms with E-state index in [4.69, 9.17) is 0 Å². The van der Waals surface area contributed by atoms with Crippen LogP contribution < -0.4 is 5.32 Å². The lowest BCUT2D eigenvalue weighted by atomic mass is 10.2. The third-order valence-corrected chi connectivity index (χ3v) is 1.66. The Kier molecular flexibility index (Phi) is 8.57. The first kappa shape index (κ1) is 11.7. The fraction of sp³-hybridized carbons (Fsp3) is 0.818. The van der Waals surface area contributed by atoms with Crippen molar-refractivity contribution in [3.8, 4) is 0 Å². The van der Waals surface area contributed by atoms with E-state index < -0.39 is 0 Å². The summed E-state index contributed by atoms with van der Waals surface area (Å²) in [5.74, 6) is 0.768. The zero-order valence-corrected chi connectivity index (χ0v) is 8.77. The van der Waals surface area contributed by atoms with Crippen LogP contribution in [0.3, 0.4) is 0 Å². The Morgan fingerprint density at radius 1 is 1.17 bits per heavy atom. The molecule has 0 amide bonds. The Balaban J connectivity index is 3.00. The van der Waals surface area contributed by atoms with E-state index in [9.17, 15) is 0 Å². The Labute approximate surface area is 77.2 Å². The third-order valence-electron chi connectivity index (χ3n) is 1.66. The van der Waals surface area contributed by atoms with Crippen molar-refractivity contribution in [2.24, 2.45) is 5.92 Å². The van der Waals surface area contributed by atoms with Crippen molar-refractivity contribution >= 4 is 0 Å². The van der Waals surface area contributed by atoms with Crippen molar-refractivity contribution in [2.75, 3.05) is 13.1 Å². The number of hydrogen-bond donors (Lipinski definition) is 1. The van der Waals surface area contributed by atoms with Crippen LogP contribution in [0.2, 0.25) is 0 Å². The second-order valence-corrected chi connectivity index (χ2v) is 3.65. The number of allylic oxidation sites excluding steroid dienone is 1. The van der Waals surface area contributed by atoms with E-state index in [1.54, 1.807) is 0 Å². The van der Waals surface area contributed by atoms with Crippen LogP contribution in [0.4, 0.5) is 0 Å². The van der Waals surface area contributed by atoms with Crippen LogP contribution in [0.5, 0.6) is 0 Å². The van der Waals surface area contributed by atoms with Crippen LogP contribution in [0.1, 0.15) is 40.0 Å². The van der Waals surface area contributed by atoms with Gasteiger partial charge in [-0.1, -0.05) is 39.3 Å². The van der Waals surface area contributed by atoms with Gasteiger partial charge in [-0.15, -0.1) is 0 Å². The van der Waals surface area contributed by atoms with E-state index >= 15 is 0 Å². The summed E-state index contributed by atoms with van der Waals surface area (Å²) < 4.78 is 0. The molecule has 0 heterocycles. The molecular weight excluding hydrogens is 146 g/mol. The Bertz CT molecular complexity index is 106. The van der Waals surface area contributed by atoms with E-state index in [-0.39, 0.29) is 0 Å². The zero-order chi connectivity index (χ0) is 9.23. The smallest absolute Gasteiger partial charge is 0.00142 e. The molecule has 0 bridgehead atoms. The molecule has 12 heavy (non-hydrogen) atoms. The first-order valence-electron chi connectivity index (χ1n) is 5.13. The van der Waals surface area contributed by atoms with Crippen molar-refractivity contribution in [3.05, 3.63) is 12.2 Å². The van der Waals surface area contributed by atoms with Crippen LogP contribution in [0, 0.1) is 5.92 Å². The molecule has 0 aromatic carbocycles. The van der Waals surface area contributed by atoms with Crippen molar-refractivity contribution in [1.82, 2.24) is 5.32 Å². The Morgan fingerprint density at radius 3 is 2.42 bits per heavy atom. The minimum Gasteiger partial charge on any atom is -0.316 e. The third kappa shape index (κ3) is 9.70. The minimum atomic E-state index is 0.768. The van der Waals surface area contributed by atoms with E-state index in [0.717, 1.165) is 19.0 Å². The lowest BCUT2D eigenvalue weighted by molar-refractivity contribution is 0.556. The lowest BCUT2D eigenvalue weighted by Gasteiger charge is -2.04. The molecule has 1 heteroatoms. The average molecular weight is 169 g/mol. The topological polar surface area (TPSA) is 12.0 Å². The molecule has 0 aliphatic rings. The van der Waals surface area contributed by atoms with Crippen molar-refractivity contribution in [1.29, 1.82) is 0 Å². The predicted molar refractivity (Wildman–Crippen MR) is 56.4 cm³/mol. The molecule has 0 aromatic heterocycles. The maximum atomic E-state index is 3.41. The van der Waals surface area contributed by atoms with Crippen LogP contribution >= 0.6 is 0 Å². The van der Waals surface area contributed by atoms with Crippen molar-refractivity contribution in [2.45, 2.75) is 40.0 Å². The predicted octanol–water partition coefficient (Wildman–Crippen LogP) is 2.98. The van der Waals surface area contributed by atoms with Crippen LogP contribution in [-0.2, 0) is 0 Å². The zero-order valence-electron chi connectivity index (χ0n) is 8.77. The number of hydrogen-bond acceptors (Lipinski definition) is 1. The summed E-state index contributed by atoms with van der Waals surface area (Å²) in [5, 5.41) is 3.41. The summed E-state index contributed by atoms with van der Waals surface area (Å²) in [6.45, 7) is 8.95. The molecule has 0 aliphatic heterocycles. The number of unbranched alkanes of at least 4 members (excludes halogenated alkanes) is 1. The van der Waals surface area contributed by atoms with Crippen LogP contribution in [0.25, 0.3) is 0 Å². The second kappa shape index (κ2) is 8.79. The fourth-order valence-electron chi connectivity index (χ4n) is 0.979. The van der Waals surface area contributed by atoms with Gasteiger partial charge in [-0.25, -0.2) is 0 Å². The number of nitrogens with one attached hydrogen (secondary N) is 1. The van der Waals surface area contributed by atoms with E-state index in [1.165, 1.54) is 19.3 Å². The molecule has 0 aromatic rings. The Morgan fingerprint density at radius 2 is 1.83 bits per heavy atom. The average Bonchev–Trinajstić information content (AvgIpc) is 2.02. The molecule has 0 saturated heterocycles. The highest BCUT2D eigenvalue weighted by molar-refractivity contribution is 4.81. The summed E-state index contributed by atoms with van der Waals surface area (Å²) in [6, 6.07) is 0. The van der Waals surface area contributed by atoms with E-state index in [0.29, 0.717) is 0 Å². The van der Waals surface area contributed by atoms with Crippen molar-refractivity contribution < 1.29 is 0 Å². The standard InChI is InChI=1S/C11H23N/c1-4-5-6-7-8-9-12-10-11(2)3/h6-7,11-12H,4-5,8-10H2,1-3H3. The molecule has 0 atom stereocenters. The summed E-state index contributed by atoms with van der Waals surface area (Å²) in [4.78, 5) is 0. The van der Waals surface area contributed by atoms with Crippen LogP contribution in [-0.4, -0.2) is 13.1 Å². The maximum Gasteiger partial charge on any atom is -0.00142 e. The summed E-state index contributed by atoms with van der Waals surface area (Å²) >= 11 is 0. The number of rotatable bonds is 7. The molecule has 1 nitrogen and oxygen atoms in total. The molecule has 1 N–H and O–H groups in total. The van der Waals surface area contributed by atoms with Crippen molar-refractivity contribution in [3.63, 3.8) is 0 Å². The van der Waals surface area contributed by atoms with Gasteiger partial charge in [0.25, 0.3) is 0 Å². The highest BCUT2D eigenvalue weighted by Crippen LogP contribution is 1.91. The van der Waals surface area contributed by atoms with Gasteiger partial charge < -0.3 is 5.32 Å². The molecule has 72 valence electrons. The maximum absolute atomic E-state index is 3.41. The summed E-state index contributed by atoms with van der Waals surface area (Å²) in [5.41, 5.74) is 0. The highest BCUT2D eigenvalue weighted by Gasteiger charge is 1.89. The normalized spacial score (nSPS) is 11.7. The van der Waals surface area contributed by atoms with Gasteiger partial charge >= 0.3 is 0 Å². The minimum absolute atomic E-state index is 0.768. The van der Waals surface area contributed by atoms with E-state index in [2.05, 4.69) is 38.2 Å². The molecule has 0 fully saturated rings. The first-order chi connectivity index (χ1) is 5.77. The van der Waals surface area contributed by atoms with Gasteiger partial charge in [0, 0.05) is 0 Å². The monoisotopic (exact) mass is 169 g/mol. The molecule has 0 rings (SSSR count). The second-order valence-electron chi connectivity index (χ2n) is 3.65. The summed E-state index contributed by atoms with van der Waals surface area (Å²) in [7, 11) is 0. The largest absolute Gasteiger partial charge is 0.316 e. The van der Waals surface area contributed by atoms with Gasteiger partial charge in [0.15, 0.2) is 0 Å². The van der Waals surface area contributed by atoms with Gasteiger partial charge in [0.2, 0.25) is 0 Å². The van der Waals surface area contributed by atoms with Gasteiger partial charge in [0.1, 0.15) is 0 Å². The molecular formula is C11H23N. The molecule has 0 unspecified atom stereocenters. The lowest BCUT2D eigenvalue weighted by Crippen LogP contribution is -2.20. The first-order valence-corrected chi connectivity index (χ1v) is 5.13. The molecule has 0 saturated carbocycles. The van der Waals surface area contributed by atoms with Gasteiger partial charge in [-0.3, -0.25) is 0 Å². The van der Waals surface area contributed by atoms with Gasteiger partial charge in [0.05, 0.1) is 0 Å². The van der Waals surface area contributed by atoms with Crippen LogP contribution in [0.15, 0.2) is 12.2 Å². The molecule has 0 radical (unpaired) electrons. The SMILES string of the molecule is CCCC=CCCNCC(C)C. The van der Waals surface area contributed by atoms with E-state index in [1.807, 2.05) is 0 Å². The quantitative estimate of drug-likeness (QED) is 0.456. The highest BCUT2D eigenvalue weighted by atomic mass is 14.8.